The predicted octanol–water partition coefficient (Wildman–Crippen LogP) is 5.02. The van der Waals surface area contributed by atoms with Gasteiger partial charge in [-0.05, 0) is 48.2 Å². The summed E-state index contributed by atoms with van der Waals surface area (Å²) in [6.45, 7) is 0.720. The van der Waals surface area contributed by atoms with Crippen LogP contribution in [0.1, 0.15) is 24.0 Å². The molecule has 2 aromatic rings. The van der Waals surface area contributed by atoms with Crippen LogP contribution in [0.25, 0.3) is 0 Å². The lowest BCUT2D eigenvalue weighted by atomic mass is 10.0. The van der Waals surface area contributed by atoms with Crippen LogP contribution in [0, 0.1) is 0 Å². The molecule has 0 aromatic heterocycles. The van der Waals surface area contributed by atoms with Crippen molar-refractivity contribution in [3.8, 4) is 11.5 Å². The molecule has 0 bridgehead atoms. The van der Waals surface area contributed by atoms with Crippen molar-refractivity contribution in [3.63, 3.8) is 0 Å². The highest BCUT2D eigenvalue weighted by atomic mass is 35.5. The molecule has 0 heterocycles. The van der Waals surface area contributed by atoms with Gasteiger partial charge in [0.25, 0.3) is 0 Å². The molecule has 4 heteroatoms. The zero-order valence-corrected chi connectivity index (χ0v) is 13.9. The summed E-state index contributed by atoms with van der Waals surface area (Å²) in [7, 11) is 0. The largest absolute Gasteiger partial charge is 0.494 e. The first-order chi connectivity index (χ1) is 11.3. The summed E-state index contributed by atoms with van der Waals surface area (Å²) in [5, 5.41) is 0. The average molecular weight is 337 g/mol. The minimum atomic E-state index is -0.344. The van der Waals surface area contributed by atoms with Crippen molar-refractivity contribution in [1.29, 1.82) is 0 Å². The molecule has 2 nitrogen and oxygen atoms in total. The lowest BCUT2D eigenvalue weighted by Crippen LogP contribution is -1.98. The molecule has 0 aliphatic heterocycles. The van der Waals surface area contributed by atoms with E-state index in [9.17, 15) is 4.39 Å². The second kappa shape index (κ2) is 10.1. The summed E-state index contributed by atoms with van der Waals surface area (Å²) in [5.41, 5.74) is 2.43. The van der Waals surface area contributed by atoms with Crippen LogP contribution in [0.3, 0.4) is 0 Å². The zero-order chi connectivity index (χ0) is 16.3. The van der Waals surface area contributed by atoms with Crippen molar-refractivity contribution in [3.05, 3.63) is 59.7 Å². The molecule has 23 heavy (non-hydrogen) atoms. The average Bonchev–Trinajstić information content (AvgIpc) is 2.58. The Morgan fingerprint density at radius 3 is 1.65 bits per heavy atom. The van der Waals surface area contributed by atoms with Gasteiger partial charge >= 0.3 is 0 Å². The molecule has 0 spiro atoms. The van der Waals surface area contributed by atoms with Crippen molar-refractivity contribution < 1.29 is 13.9 Å². The number of ether oxygens (including phenoxy) is 2. The van der Waals surface area contributed by atoms with Crippen molar-refractivity contribution in [2.75, 3.05) is 25.8 Å². The summed E-state index contributed by atoms with van der Waals surface area (Å²) in [5.74, 6) is 2.27. The fourth-order valence-corrected chi connectivity index (χ4v) is 2.24. The van der Waals surface area contributed by atoms with E-state index in [0.29, 0.717) is 25.5 Å². The molecule has 0 unspecified atom stereocenters. The lowest BCUT2D eigenvalue weighted by molar-refractivity contribution is 0.289. The highest BCUT2D eigenvalue weighted by Crippen LogP contribution is 2.18. The Bertz CT molecular complexity index is 503. The van der Waals surface area contributed by atoms with Gasteiger partial charge in [0.15, 0.2) is 0 Å². The van der Waals surface area contributed by atoms with E-state index in [1.165, 1.54) is 11.1 Å². The maximum Gasteiger partial charge on any atom is 0.119 e. The number of rotatable bonds is 10. The molecule has 0 saturated heterocycles. The van der Waals surface area contributed by atoms with Gasteiger partial charge in [0, 0.05) is 12.3 Å². The maximum atomic E-state index is 12.0. The summed E-state index contributed by atoms with van der Waals surface area (Å²) in [6, 6.07) is 16.0. The fraction of sp³-hybridized carbons (Fsp3) is 0.368. The standard InChI is InChI=1S/C19H22ClFO2/c20-11-1-13-22-18-7-3-16(4-8-18)15-17-5-9-19(10-6-17)23-14-2-12-21/h3-10H,1-2,11-15H2. The molecule has 0 saturated carbocycles. The molecule has 0 aliphatic carbocycles. The van der Waals surface area contributed by atoms with Gasteiger partial charge in [-0.3, -0.25) is 4.39 Å². The summed E-state index contributed by atoms with van der Waals surface area (Å²) in [6.07, 6.45) is 2.14. The van der Waals surface area contributed by atoms with E-state index in [1.807, 2.05) is 36.4 Å². The third-order valence-corrected chi connectivity index (χ3v) is 3.62. The van der Waals surface area contributed by atoms with Gasteiger partial charge in [-0.2, -0.15) is 0 Å². The number of halogens is 2. The van der Waals surface area contributed by atoms with Crippen LogP contribution < -0.4 is 9.47 Å². The van der Waals surface area contributed by atoms with Gasteiger partial charge in [0.05, 0.1) is 19.9 Å². The topological polar surface area (TPSA) is 18.5 Å². The number of alkyl halides is 2. The Morgan fingerprint density at radius 1 is 0.739 bits per heavy atom. The molecule has 2 rings (SSSR count). The normalized spacial score (nSPS) is 10.5. The Labute approximate surface area is 142 Å². The molecule has 0 fully saturated rings. The quantitative estimate of drug-likeness (QED) is 0.448. The van der Waals surface area contributed by atoms with E-state index in [-0.39, 0.29) is 6.67 Å². The molecular weight excluding hydrogens is 315 g/mol. The van der Waals surface area contributed by atoms with E-state index in [1.54, 1.807) is 0 Å². The highest BCUT2D eigenvalue weighted by Gasteiger charge is 2.00. The minimum Gasteiger partial charge on any atom is -0.494 e. The zero-order valence-electron chi connectivity index (χ0n) is 13.1. The molecule has 0 amide bonds. The van der Waals surface area contributed by atoms with Crippen molar-refractivity contribution in [2.45, 2.75) is 19.3 Å². The third-order valence-electron chi connectivity index (χ3n) is 3.35. The molecule has 0 aliphatic rings. The van der Waals surface area contributed by atoms with Crippen molar-refractivity contribution in [2.24, 2.45) is 0 Å². The first kappa shape index (κ1) is 17.6. The smallest absolute Gasteiger partial charge is 0.119 e. The second-order valence-electron chi connectivity index (χ2n) is 5.25. The maximum absolute atomic E-state index is 12.0. The van der Waals surface area contributed by atoms with Crippen LogP contribution in [-0.2, 0) is 6.42 Å². The Balaban J connectivity index is 1.84. The Morgan fingerprint density at radius 2 is 1.22 bits per heavy atom. The fourth-order valence-electron chi connectivity index (χ4n) is 2.13. The first-order valence-electron chi connectivity index (χ1n) is 7.87. The van der Waals surface area contributed by atoms with Crippen LogP contribution in [0.2, 0.25) is 0 Å². The molecule has 0 N–H and O–H groups in total. The summed E-state index contributed by atoms with van der Waals surface area (Å²) in [4.78, 5) is 0. The van der Waals surface area contributed by atoms with Crippen LogP contribution in [-0.4, -0.2) is 25.8 Å². The van der Waals surface area contributed by atoms with E-state index in [2.05, 4.69) is 12.1 Å². The van der Waals surface area contributed by atoms with E-state index >= 15 is 0 Å². The number of benzene rings is 2. The van der Waals surface area contributed by atoms with Gasteiger partial charge in [0.1, 0.15) is 11.5 Å². The summed E-state index contributed by atoms with van der Waals surface area (Å²) >= 11 is 5.62. The molecule has 124 valence electrons. The van der Waals surface area contributed by atoms with Gasteiger partial charge in [-0.1, -0.05) is 24.3 Å². The van der Waals surface area contributed by atoms with Gasteiger partial charge < -0.3 is 9.47 Å². The van der Waals surface area contributed by atoms with Crippen LogP contribution >= 0.6 is 11.6 Å². The monoisotopic (exact) mass is 336 g/mol. The minimum absolute atomic E-state index is 0.344. The third kappa shape index (κ3) is 6.49. The van der Waals surface area contributed by atoms with E-state index < -0.39 is 0 Å². The molecule has 0 atom stereocenters. The Kier molecular flexibility index (Phi) is 7.74. The highest BCUT2D eigenvalue weighted by molar-refractivity contribution is 6.17. The van der Waals surface area contributed by atoms with Crippen LogP contribution in [0.15, 0.2) is 48.5 Å². The van der Waals surface area contributed by atoms with Gasteiger partial charge in [0.2, 0.25) is 0 Å². The number of hydrogen-bond acceptors (Lipinski definition) is 2. The van der Waals surface area contributed by atoms with E-state index in [4.69, 9.17) is 21.1 Å². The van der Waals surface area contributed by atoms with Gasteiger partial charge in [-0.15, -0.1) is 11.6 Å². The molecular formula is C19H22ClFO2. The second-order valence-corrected chi connectivity index (χ2v) is 5.62. The van der Waals surface area contributed by atoms with Crippen LogP contribution in [0.4, 0.5) is 4.39 Å². The molecule has 0 radical (unpaired) electrons. The Hall–Kier alpha value is -1.74. The first-order valence-corrected chi connectivity index (χ1v) is 8.40. The lowest BCUT2D eigenvalue weighted by Gasteiger charge is -2.08. The van der Waals surface area contributed by atoms with Crippen molar-refractivity contribution >= 4 is 11.6 Å². The van der Waals surface area contributed by atoms with Gasteiger partial charge in [-0.25, -0.2) is 0 Å². The predicted molar refractivity (Wildman–Crippen MR) is 92.6 cm³/mol. The summed E-state index contributed by atoms with van der Waals surface area (Å²) < 4.78 is 23.1. The van der Waals surface area contributed by atoms with E-state index in [0.717, 1.165) is 24.3 Å². The van der Waals surface area contributed by atoms with Crippen LogP contribution in [0.5, 0.6) is 11.5 Å². The SMILES string of the molecule is FCCCOc1ccc(Cc2ccc(OCCCCl)cc2)cc1. The molecule has 2 aromatic carbocycles. The van der Waals surface area contributed by atoms with Crippen molar-refractivity contribution in [1.82, 2.24) is 0 Å². The number of hydrogen-bond donors (Lipinski definition) is 0.